The predicted molar refractivity (Wildman–Crippen MR) is 476 cm³/mol. The van der Waals surface area contributed by atoms with E-state index in [4.69, 9.17) is 10.0 Å². The summed E-state index contributed by atoms with van der Waals surface area (Å²) in [6.07, 6.45) is 6.61. The van der Waals surface area contributed by atoms with Gasteiger partial charge in [0.15, 0.2) is 10.6 Å². The van der Waals surface area contributed by atoms with Gasteiger partial charge in [-0.1, -0.05) is 377 Å². The van der Waals surface area contributed by atoms with Crippen molar-refractivity contribution in [1.29, 1.82) is 0 Å². The van der Waals surface area contributed by atoms with Gasteiger partial charge in [-0.25, -0.2) is 28.7 Å². The second-order valence-corrected chi connectivity index (χ2v) is 34.4. The number of nitrogens with zero attached hydrogens (tertiary/aromatic N) is 4. The van der Waals surface area contributed by atoms with Crippen LogP contribution in [-0.4, -0.2) is 37.1 Å². The maximum atomic E-state index is 13.2. The molecule has 0 fully saturated rings. The van der Waals surface area contributed by atoms with E-state index in [1.165, 1.54) is 81.9 Å². The van der Waals surface area contributed by atoms with Crippen LogP contribution in [0, 0.1) is 11.6 Å². The number of hydrogen-bond acceptors (Lipinski definition) is 6. The second-order valence-electron chi connectivity index (χ2n) is 23.1. The number of halogens is 5. The molecule has 0 spiro atoms. The van der Waals surface area contributed by atoms with E-state index in [1.54, 1.807) is 49.1 Å². The predicted octanol–water partition coefficient (Wildman–Crippen LogP) is 19.0. The van der Waals surface area contributed by atoms with Gasteiger partial charge in [0.25, 0.3) is 0 Å². The summed E-state index contributed by atoms with van der Waals surface area (Å²) in [5.41, 5.74) is 0.817. The van der Waals surface area contributed by atoms with Crippen molar-refractivity contribution >= 4 is 156 Å². The molecule has 0 saturated heterocycles. The van der Waals surface area contributed by atoms with E-state index in [9.17, 15) is 8.78 Å². The van der Waals surface area contributed by atoms with Crippen LogP contribution in [0.2, 0.25) is 0 Å². The molecule has 110 heavy (non-hydrogen) atoms. The van der Waals surface area contributed by atoms with Gasteiger partial charge in [-0.15, -0.1) is 0 Å². The van der Waals surface area contributed by atoms with E-state index in [0.717, 1.165) is 6.07 Å². The standard InChI is InChI=1S/4C18H15P.C10H6BrFN2.C6H5BBrFO2.C4H3BrN2.CH4.Pd/c4*1-4-10-16(11-5-1)19(17-12-6-2-7-13-17)18-14-8-3-9-15-18;11-8-3-2-7(6-9(8)12)10-13-4-1-5-14-10;8-5-2-1-4(7(10)11)3-6(5)9;5-4-6-2-1-3-7-4;;/h4*1-15H;1-6H;1-3,10-11H;1-3H;1H4;. The molecule has 16 aromatic rings. The molecule has 0 amide bonds. The molecule has 16 rings (SSSR count). The van der Waals surface area contributed by atoms with Crippen molar-refractivity contribution in [2.24, 2.45) is 0 Å². The summed E-state index contributed by atoms with van der Waals surface area (Å²) >= 11 is 9.12. The molecule has 2 N–H and O–H groups in total. The van der Waals surface area contributed by atoms with Crippen molar-refractivity contribution in [1.82, 2.24) is 19.9 Å². The van der Waals surface area contributed by atoms with Gasteiger partial charge in [-0.05, 0) is 191 Å². The van der Waals surface area contributed by atoms with Gasteiger partial charge in [-0.2, -0.15) is 0 Å². The van der Waals surface area contributed by atoms with Crippen molar-refractivity contribution in [2.45, 2.75) is 7.43 Å². The molecular weight excluding hydrogens is 1720 g/mol. The zero-order chi connectivity index (χ0) is 75.2. The quantitative estimate of drug-likeness (QED) is 0.0640. The van der Waals surface area contributed by atoms with Crippen LogP contribution in [0.4, 0.5) is 8.78 Å². The Morgan fingerprint density at radius 1 is 0.245 bits per heavy atom. The van der Waals surface area contributed by atoms with Crippen LogP contribution in [0.15, 0.2) is 451 Å². The Bertz CT molecular complexity index is 4290. The van der Waals surface area contributed by atoms with Gasteiger partial charge in [0.2, 0.25) is 0 Å². The Morgan fingerprint density at radius 2 is 0.436 bits per heavy atom. The Hall–Kier alpha value is -9.09. The van der Waals surface area contributed by atoms with Gasteiger partial charge in [0.05, 0.1) is 8.95 Å². The fourth-order valence-electron chi connectivity index (χ4n) is 10.8. The Labute approximate surface area is 690 Å². The minimum absolute atomic E-state index is 0. The first kappa shape index (κ1) is 86.5. The van der Waals surface area contributed by atoms with E-state index >= 15 is 0 Å². The fourth-order valence-corrected chi connectivity index (χ4v) is 20.7. The molecule has 0 unspecified atom stereocenters. The molecule has 0 aliphatic heterocycles. The third kappa shape index (κ3) is 27.7. The number of rotatable bonds is 14. The summed E-state index contributed by atoms with van der Waals surface area (Å²) in [5, 5.41) is 34.0. The molecular formula is C93H78BBr3F2N4O2P4Pd. The smallest absolute Gasteiger partial charge is 0.423 e. The number of benzene rings is 14. The SMILES string of the molecule is Brc1ncccn1.C.Fc1cc(-c2ncccn2)ccc1Br.OB(O)c1ccc(Br)c(F)c1.[Pd].c1ccc(P(c2ccccc2)c2ccccc2)cc1.c1ccc(P(c2ccccc2)c2ccccc2)cc1.c1ccc(P(c2ccccc2)c2ccccc2)cc1.c1ccc(P(c2ccccc2)c2ccccc2)cc1. The van der Waals surface area contributed by atoms with Crippen LogP contribution in [0.25, 0.3) is 11.4 Å². The summed E-state index contributed by atoms with van der Waals surface area (Å²) in [5.74, 6) is -0.288. The van der Waals surface area contributed by atoms with Gasteiger partial charge < -0.3 is 10.0 Å². The second kappa shape index (κ2) is 48.5. The molecule has 550 valence electrons. The molecule has 14 aromatic carbocycles. The summed E-state index contributed by atoms with van der Waals surface area (Å²) in [6.45, 7) is 0. The van der Waals surface area contributed by atoms with Gasteiger partial charge in [0.1, 0.15) is 11.6 Å². The molecule has 6 nitrogen and oxygen atoms in total. The van der Waals surface area contributed by atoms with Gasteiger partial charge in [0, 0.05) is 50.8 Å². The molecule has 0 bridgehead atoms. The monoisotopic (exact) mass is 1800 g/mol. The van der Waals surface area contributed by atoms with E-state index in [-0.39, 0.29) is 39.1 Å². The Morgan fingerprint density at radius 3 is 0.609 bits per heavy atom. The molecule has 2 heterocycles. The van der Waals surface area contributed by atoms with Gasteiger partial charge >= 0.3 is 7.12 Å². The zero-order valence-corrected chi connectivity index (χ0v) is 68.7. The fraction of sp³-hybridized carbons (Fsp3) is 0.0108. The Balaban J connectivity index is 0.000000164. The molecule has 2 aromatic heterocycles. The summed E-state index contributed by atoms with van der Waals surface area (Å²) in [6, 6.07) is 142. The van der Waals surface area contributed by atoms with E-state index < -0.39 is 44.6 Å². The first-order chi connectivity index (χ1) is 53.1. The third-order valence-corrected chi connectivity index (χ3v) is 27.2. The van der Waals surface area contributed by atoms with Gasteiger partial charge in [-0.3, -0.25) is 0 Å². The Kier molecular flexibility index (Phi) is 38.2. The van der Waals surface area contributed by atoms with E-state index in [2.05, 4.69) is 432 Å². The minimum atomic E-state index is -1.61. The largest absolute Gasteiger partial charge is 0.488 e. The maximum absolute atomic E-state index is 13.2. The van der Waals surface area contributed by atoms with Crippen LogP contribution in [-0.2, 0) is 20.4 Å². The molecule has 0 saturated carbocycles. The average molecular weight is 1800 g/mol. The molecule has 17 heteroatoms. The van der Waals surface area contributed by atoms with Crippen LogP contribution in [0.1, 0.15) is 7.43 Å². The van der Waals surface area contributed by atoms with Crippen molar-refractivity contribution in [3.05, 3.63) is 463 Å². The van der Waals surface area contributed by atoms with Crippen LogP contribution in [0.3, 0.4) is 0 Å². The van der Waals surface area contributed by atoms with Crippen LogP contribution in [0.5, 0.6) is 0 Å². The average Bonchev–Trinajstić information content (AvgIpc) is 0.832. The summed E-state index contributed by atoms with van der Waals surface area (Å²) in [4.78, 5) is 15.6. The first-order valence-corrected chi connectivity index (χ1v) is 42.1. The molecule has 0 aliphatic rings. The zero-order valence-electron chi connectivity index (χ0n) is 58.8. The minimum Gasteiger partial charge on any atom is -0.423 e. The maximum Gasteiger partial charge on any atom is 0.488 e. The molecule has 0 radical (unpaired) electrons. The van der Waals surface area contributed by atoms with E-state index in [1.807, 2.05) is 0 Å². The summed E-state index contributed by atoms with van der Waals surface area (Å²) in [7, 11) is -3.40. The summed E-state index contributed by atoms with van der Waals surface area (Å²) < 4.78 is 27.2. The number of hydrogen-bond donors (Lipinski definition) is 2. The van der Waals surface area contributed by atoms with Crippen molar-refractivity contribution < 1.29 is 39.3 Å². The third-order valence-electron chi connectivity index (χ3n) is 15.7. The normalized spacial score (nSPS) is 10.1. The van der Waals surface area contributed by atoms with Crippen molar-refractivity contribution in [3.8, 4) is 11.4 Å². The van der Waals surface area contributed by atoms with Crippen LogP contribution < -0.4 is 69.1 Å². The van der Waals surface area contributed by atoms with E-state index in [0.29, 0.717) is 25.1 Å². The number of aromatic nitrogens is 4. The first-order valence-electron chi connectivity index (χ1n) is 34.3. The van der Waals surface area contributed by atoms with Crippen molar-refractivity contribution in [2.75, 3.05) is 0 Å². The topological polar surface area (TPSA) is 92.0 Å². The molecule has 0 atom stereocenters. The van der Waals surface area contributed by atoms with Crippen LogP contribution >= 0.6 is 79.5 Å². The van der Waals surface area contributed by atoms with Crippen molar-refractivity contribution in [3.63, 3.8) is 0 Å². The molecule has 0 aliphatic carbocycles.